The Labute approximate surface area is 206 Å². The lowest BCUT2D eigenvalue weighted by Gasteiger charge is -2.19. The minimum atomic E-state index is -0.226. The maximum absolute atomic E-state index is 12.5. The van der Waals surface area contributed by atoms with Gasteiger partial charge in [0.2, 0.25) is 11.8 Å². The Morgan fingerprint density at radius 1 is 0.714 bits per heavy atom. The molecule has 7 nitrogen and oxygen atoms in total. The molecule has 0 spiro atoms. The maximum Gasteiger partial charge on any atom is 0.253 e. The van der Waals surface area contributed by atoms with Crippen LogP contribution in [0.25, 0.3) is 0 Å². The number of nitrogens with one attached hydrogen (secondary N) is 3. The van der Waals surface area contributed by atoms with Crippen molar-refractivity contribution in [2.45, 2.75) is 26.7 Å². The van der Waals surface area contributed by atoms with E-state index in [0.717, 1.165) is 11.3 Å². The van der Waals surface area contributed by atoms with Crippen LogP contribution in [0.3, 0.4) is 0 Å². The lowest BCUT2D eigenvalue weighted by atomic mass is 10.1. The van der Waals surface area contributed by atoms with Gasteiger partial charge in [-0.15, -0.1) is 0 Å². The van der Waals surface area contributed by atoms with Crippen LogP contribution in [0.2, 0.25) is 0 Å². The summed E-state index contributed by atoms with van der Waals surface area (Å²) in [5.74, 6) is -0.331. The molecule has 0 unspecified atom stereocenters. The van der Waals surface area contributed by atoms with Crippen LogP contribution in [-0.2, 0) is 16.0 Å². The van der Waals surface area contributed by atoms with Gasteiger partial charge in [0.25, 0.3) is 5.91 Å². The number of hydrogen-bond acceptors (Lipinski definition) is 4. The Hall–Kier alpha value is -4.13. The first-order valence-corrected chi connectivity index (χ1v) is 11.9. The van der Waals surface area contributed by atoms with Crippen molar-refractivity contribution in [1.29, 1.82) is 0 Å². The summed E-state index contributed by atoms with van der Waals surface area (Å²) in [7, 11) is 0. The highest BCUT2D eigenvalue weighted by Crippen LogP contribution is 2.15. The summed E-state index contributed by atoms with van der Waals surface area (Å²) in [6.45, 7) is 5.20. The zero-order chi connectivity index (χ0) is 25.0. The molecule has 0 saturated heterocycles. The molecule has 0 aliphatic heterocycles. The lowest BCUT2D eigenvalue weighted by Crippen LogP contribution is -2.30. The molecule has 35 heavy (non-hydrogen) atoms. The van der Waals surface area contributed by atoms with Crippen molar-refractivity contribution in [1.82, 2.24) is 4.90 Å². The van der Waals surface area contributed by atoms with Gasteiger partial charge in [0, 0.05) is 42.1 Å². The van der Waals surface area contributed by atoms with E-state index in [0.29, 0.717) is 42.9 Å². The van der Waals surface area contributed by atoms with E-state index in [1.165, 1.54) is 0 Å². The first-order chi connectivity index (χ1) is 17.0. The Kier molecular flexibility index (Phi) is 9.42. The number of aryl methyl sites for hydroxylation is 1. The number of nitrogens with zero attached hydrogens (tertiary/aromatic N) is 1. The second-order valence-electron chi connectivity index (χ2n) is 8.07. The van der Waals surface area contributed by atoms with Gasteiger partial charge >= 0.3 is 0 Å². The van der Waals surface area contributed by atoms with E-state index in [9.17, 15) is 14.4 Å². The quantitative estimate of drug-likeness (QED) is 0.374. The Morgan fingerprint density at radius 3 is 2.06 bits per heavy atom. The summed E-state index contributed by atoms with van der Waals surface area (Å²) in [5, 5.41) is 8.77. The molecule has 3 N–H and O–H groups in total. The molecule has 3 amide bonds. The van der Waals surface area contributed by atoms with E-state index in [2.05, 4.69) is 16.0 Å². The normalized spacial score (nSPS) is 10.3. The molecule has 3 rings (SSSR count). The van der Waals surface area contributed by atoms with E-state index in [4.69, 9.17) is 0 Å². The summed E-state index contributed by atoms with van der Waals surface area (Å²) < 4.78 is 0. The molecule has 0 radical (unpaired) electrons. The number of carbonyl (C=O) groups is 3. The van der Waals surface area contributed by atoms with Crippen molar-refractivity contribution in [2.75, 3.05) is 35.6 Å². The van der Waals surface area contributed by atoms with E-state index >= 15 is 0 Å². The van der Waals surface area contributed by atoms with Gasteiger partial charge in [-0.3, -0.25) is 14.4 Å². The highest BCUT2D eigenvalue weighted by Gasteiger charge is 2.13. The zero-order valence-corrected chi connectivity index (χ0v) is 20.2. The van der Waals surface area contributed by atoms with E-state index < -0.39 is 0 Å². The third kappa shape index (κ3) is 7.99. The predicted molar refractivity (Wildman–Crippen MR) is 141 cm³/mol. The number of amides is 3. The molecule has 0 saturated carbocycles. The van der Waals surface area contributed by atoms with Crippen molar-refractivity contribution in [3.05, 3.63) is 90.0 Å². The fourth-order valence-corrected chi connectivity index (χ4v) is 3.61. The Bertz CT molecular complexity index is 1130. The predicted octanol–water partition coefficient (Wildman–Crippen LogP) is 4.79. The second-order valence-corrected chi connectivity index (χ2v) is 8.07. The smallest absolute Gasteiger partial charge is 0.253 e. The Morgan fingerprint density at radius 2 is 1.37 bits per heavy atom. The van der Waals surface area contributed by atoms with Gasteiger partial charge in [0.15, 0.2) is 0 Å². The maximum atomic E-state index is 12.5. The molecule has 3 aromatic rings. The van der Waals surface area contributed by atoms with Crippen LogP contribution in [0.15, 0.2) is 78.9 Å². The molecule has 0 heterocycles. The van der Waals surface area contributed by atoms with Gasteiger partial charge in [-0.25, -0.2) is 0 Å². The fourth-order valence-electron chi connectivity index (χ4n) is 3.61. The van der Waals surface area contributed by atoms with E-state index in [1.807, 2.05) is 56.3 Å². The number of anilines is 3. The third-order valence-electron chi connectivity index (χ3n) is 5.55. The van der Waals surface area contributed by atoms with Crippen LogP contribution < -0.4 is 16.0 Å². The molecule has 0 atom stereocenters. The van der Waals surface area contributed by atoms with Gasteiger partial charge in [-0.05, 0) is 68.3 Å². The van der Waals surface area contributed by atoms with Gasteiger partial charge in [0.05, 0.1) is 6.54 Å². The molecule has 0 aromatic heterocycles. The van der Waals surface area contributed by atoms with Crippen LogP contribution in [-0.4, -0.2) is 42.3 Å². The fraction of sp³-hybridized carbons (Fsp3) is 0.250. The van der Waals surface area contributed by atoms with Crippen molar-refractivity contribution in [3.63, 3.8) is 0 Å². The number of hydrogen-bond donors (Lipinski definition) is 3. The first kappa shape index (κ1) is 25.5. The van der Waals surface area contributed by atoms with Crippen molar-refractivity contribution in [3.8, 4) is 0 Å². The lowest BCUT2D eigenvalue weighted by molar-refractivity contribution is -0.116. The first-order valence-electron chi connectivity index (χ1n) is 11.9. The summed E-state index contributed by atoms with van der Waals surface area (Å²) in [6.07, 6.45) is 1.10. The summed E-state index contributed by atoms with van der Waals surface area (Å²) in [5.41, 5.74) is 3.70. The van der Waals surface area contributed by atoms with Crippen LogP contribution in [0.5, 0.6) is 0 Å². The minimum absolute atomic E-state index is 0.0457. The van der Waals surface area contributed by atoms with Crippen LogP contribution >= 0.6 is 0 Å². The van der Waals surface area contributed by atoms with Crippen LogP contribution in [0.1, 0.15) is 36.2 Å². The van der Waals surface area contributed by atoms with E-state index in [-0.39, 0.29) is 24.3 Å². The van der Waals surface area contributed by atoms with Crippen LogP contribution in [0.4, 0.5) is 17.1 Å². The van der Waals surface area contributed by atoms with Gasteiger partial charge in [0.1, 0.15) is 0 Å². The van der Waals surface area contributed by atoms with Gasteiger partial charge in [-0.1, -0.05) is 36.4 Å². The van der Waals surface area contributed by atoms with Gasteiger partial charge < -0.3 is 20.9 Å². The molecule has 0 aliphatic rings. The standard InChI is InChI=1S/C28H32N4O3/c1-3-32(4-2)28(35)22-11-8-12-25(19-22)31-27(34)20-29-23-14-16-24(17-15-23)30-26(33)18-13-21-9-6-5-7-10-21/h5-12,14-17,19,29H,3-4,13,18,20H2,1-2H3,(H,30,33)(H,31,34). The average Bonchev–Trinajstić information content (AvgIpc) is 2.88. The average molecular weight is 473 g/mol. The molecular formula is C28H32N4O3. The molecule has 7 heteroatoms. The number of rotatable bonds is 11. The minimum Gasteiger partial charge on any atom is -0.376 e. The summed E-state index contributed by atoms with van der Waals surface area (Å²) in [6, 6.07) is 24.0. The molecular weight excluding hydrogens is 440 g/mol. The molecule has 182 valence electrons. The van der Waals surface area contributed by atoms with Crippen LogP contribution in [0, 0.1) is 0 Å². The summed E-state index contributed by atoms with van der Waals surface area (Å²) >= 11 is 0. The topological polar surface area (TPSA) is 90.5 Å². The zero-order valence-electron chi connectivity index (χ0n) is 20.2. The second kappa shape index (κ2) is 12.9. The van der Waals surface area contributed by atoms with Crippen molar-refractivity contribution >= 4 is 34.8 Å². The summed E-state index contributed by atoms with van der Waals surface area (Å²) in [4.78, 5) is 38.8. The number of benzene rings is 3. The van der Waals surface area contributed by atoms with Gasteiger partial charge in [-0.2, -0.15) is 0 Å². The van der Waals surface area contributed by atoms with Crippen molar-refractivity contribution < 1.29 is 14.4 Å². The highest BCUT2D eigenvalue weighted by atomic mass is 16.2. The van der Waals surface area contributed by atoms with E-state index in [1.54, 1.807) is 41.3 Å². The monoisotopic (exact) mass is 472 g/mol. The number of carbonyl (C=O) groups excluding carboxylic acids is 3. The molecule has 0 aliphatic carbocycles. The third-order valence-corrected chi connectivity index (χ3v) is 5.55. The molecule has 0 fully saturated rings. The SMILES string of the molecule is CCN(CC)C(=O)c1cccc(NC(=O)CNc2ccc(NC(=O)CCc3ccccc3)cc2)c1. The molecule has 0 bridgehead atoms. The van der Waals surface area contributed by atoms with Crippen molar-refractivity contribution in [2.24, 2.45) is 0 Å². The highest BCUT2D eigenvalue weighted by molar-refractivity contribution is 5.98. The Balaban J connectivity index is 1.45. The molecule has 3 aromatic carbocycles. The largest absolute Gasteiger partial charge is 0.376 e.